The Morgan fingerprint density at radius 2 is 2.07 bits per heavy atom. The van der Waals surface area contributed by atoms with E-state index in [4.69, 9.17) is 4.74 Å². The van der Waals surface area contributed by atoms with Crippen LogP contribution in [0.25, 0.3) is 11.2 Å². The first-order valence-electron chi connectivity index (χ1n) is 9.08. The highest BCUT2D eigenvalue weighted by Crippen LogP contribution is 2.39. The van der Waals surface area contributed by atoms with E-state index in [0.717, 1.165) is 42.4 Å². The van der Waals surface area contributed by atoms with Crippen LogP contribution >= 0.6 is 0 Å². The van der Waals surface area contributed by atoms with Gasteiger partial charge < -0.3 is 4.74 Å². The van der Waals surface area contributed by atoms with Crippen molar-refractivity contribution in [1.29, 1.82) is 0 Å². The second-order valence-corrected chi connectivity index (χ2v) is 6.53. The van der Waals surface area contributed by atoms with Gasteiger partial charge in [0, 0.05) is 5.92 Å². The number of aromatic amines is 1. The first kappa shape index (κ1) is 19.9. The van der Waals surface area contributed by atoms with Crippen LogP contribution in [0.4, 0.5) is 13.2 Å². The van der Waals surface area contributed by atoms with Crippen LogP contribution in [0, 0.1) is 0 Å². The number of hydrogen-bond donors (Lipinski definition) is 1. The molecule has 1 N–H and O–H groups in total. The summed E-state index contributed by atoms with van der Waals surface area (Å²) in [5.74, 6) is -1.92. The van der Waals surface area contributed by atoms with Crippen LogP contribution in [0.5, 0.6) is 6.01 Å². The van der Waals surface area contributed by atoms with Crippen molar-refractivity contribution in [3.63, 3.8) is 0 Å². The third-order valence-electron chi connectivity index (χ3n) is 4.57. The molecular weight excluding hydrogens is 373 g/mol. The van der Waals surface area contributed by atoms with Gasteiger partial charge in [0.25, 0.3) is 6.01 Å². The number of aromatic nitrogens is 4. The van der Waals surface area contributed by atoms with E-state index in [2.05, 4.69) is 21.6 Å². The lowest BCUT2D eigenvalue weighted by atomic mass is 9.95. The summed E-state index contributed by atoms with van der Waals surface area (Å²) >= 11 is 0. The highest BCUT2D eigenvalue weighted by atomic mass is 19.2. The van der Waals surface area contributed by atoms with Crippen molar-refractivity contribution < 1.29 is 17.9 Å². The molecule has 150 valence electrons. The van der Waals surface area contributed by atoms with Gasteiger partial charge in [-0.05, 0) is 37.5 Å². The fourth-order valence-corrected chi connectivity index (χ4v) is 3.47. The van der Waals surface area contributed by atoms with Crippen molar-refractivity contribution in [2.24, 2.45) is 0 Å². The summed E-state index contributed by atoms with van der Waals surface area (Å²) in [5.41, 5.74) is 0.290. The summed E-state index contributed by atoms with van der Waals surface area (Å²) in [7, 11) is 0. The molecule has 0 amide bonds. The van der Waals surface area contributed by atoms with E-state index in [1.165, 1.54) is 0 Å². The topological polar surface area (TPSA) is 72.3 Å². The van der Waals surface area contributed by atoms with Gasteiger partial charge in [0.1, 0.15) is 18.3 Å². The molecule has 2 aromatic heterocycles. The fraction of sp³-hybridized carbons (Fsp3) is 0.421. The number of ether oxygens (including phenoxy) is 1. The van der Waals surface area contributed by atoms with E-state index in [-0.39, 0.29) is 35.3 Å². The first-order chi connectivity index (χ1) is 13.4. The molecule has 3 rings (SSSR count). The molecule has 9 heteroatoms. The molecule has 0 unspecified atom stereocenters. The standard InChI is InChI=1S/C19H21F3N4O2/c1-3-28-18-23-17-15(13(8-11(2)21)9-14(22)10-20)16(12-6-4-5-7-12)25-26(17)19(27)24-18/h8-9,12H,2-7,10H2,1H3,(H,23,24,27)/b13-8+,14-9+. The summed E-state index contributed by atoms with van der Waals surface area (Å²) in [6.45, 7) is 3.83. The number of H-pyrrole nitrogens is 1. The van der Waals surface area contributed by atoms with Crippen LogP contribution in [0.2, 0.25) is 0 Å². The molecule has 0 aliphatic heterocycles. The van der Waals surface area contributed by atoms with E-state index in [0.29, 0.717) is 5.69 Å². The molecule has 0 bridgehead atoms. The maximum absolute atomic E-state index is 13.8. The molecule has 1 fully saturated rings. The van der Waals surface area contributed by atoms with Gasteiger partial charge in [-0.3, -0.25) is 4.98 Å². The first-order valence-corrected chi connectivity index (χ1v) is 9.08. The van der Waals surface area contributed by atoms with Crippen molar-refractivity contribution in [2.45, 2.75) is 38.5 Å². The number of alkyl halides is 1. The lowest BCUT2D eigenvalue weighted by Gasteiger charge is -2.10. The quantitative estimate of drug-likeness (QED) is 0.716. The average molecular weight is 394 g/mol. The van der Waals surface area contributed by atoms with Crippen LogP contribution in [0.15, 0.2) is 35.2 Å². The maximum Gasteiger partial charge on any atom is 0.352 e. The average Bonchev–Trinajstić information content (AvgIpc) is 3.28. The zero-order valence-electron chi connectivity index (χ0n) is 15.5. The molecule has 0 spiro atoms. The molecule has 0 saturated heterocycles. The zero-order chi connectivity index (χ0) is 20.3. The lowest BCUT2D eigenvalue weighted by molar-refractivity contribution is 0.310. The molecule has 1 saturated carbocycles. The third kappa shape index (κ3) is 4.02. The predicted octanol–water partition coefficient (Wildman–Crippen LogP) is 4.16. The Bertz CT molecular complexity index is 1000. The number of nitrogens with one attached hydrogen (secondary N) is 1. The van der Waals surface area contributed by atoms with Crippen LogP contribution in [-0.4, -0.2) is 32.9 Å². The third-order valence-corrected chi connectivity index (χ3v) is 4.57. The van der Waals surface area contributed by atoms with Crippen molar-refractivity contribution in [2.75, 3.05) is 13.3 Å². The summed E-state index contributed by atoms with van der Waals surface area (Å²) in [6.07, 6.45) is 5.47. The van der Waals surface area contributed by atoms with Gasteiger partial charge >= 0.3 is 5.69 Å². The summed E-state index contributed by atoms with van der Waals surface area (Å²) < 4.78 is 46.5. The Morgan fingerprint density at radius 1 is 1.36 bits per heavy atom. The van der Waals surface area contributed by atoms with Gasteiger partial charge in [0.05, 0.1) is 17.9 Å². The number of allylic oxidation sites excluding steroid dienone is 5. The Labute approximate surface area is 159 Å². The van der Waals surface area contributed by atoms with E-state index < -0.39 is 24.0 Å². The molecule has 2 aromatic rings. The monoisotopic (exact) mass is 394 g/mol. The Balaban J connectivity index is 2.33. The SMILES string of the molecule is C=C(F)/C=C(\C=C(\F)CF)c1c(C2CCCC2)nn2c(=O)[nH]c(OCC)nc12. The van der Waals surface area contributed by atoms with E-state index >= 15 is 0 Å². The zero-order valence-corrected chi connectivity index (χ0v) is 15.5. The summed E-state index contributed by atoms with van der Waals surface area (Å²) in [4.78, 5) is 19.2. The van der Waals surface area contributed by atoms with Crippen molar-refractivity contribution in [3.05, 3.63) is 52.1 Å². The molecular formula is C19H21F3N4O2. The largest absolute Gasteiger partial charge is 0.465 e. The van der Waals surface area contributed by atoms with Crippen molar-refractivity contribution >= 4 is 11.2 Å². The minimum absolute atomic E-state index is 0.00441. The van der Waals surface area contributed by atoms with Crippen LogP contribution < -0.4 is 10.4 Å². The van der Waals surface area contributed by atoms with Crippen molar-refractivity contribution in [3.8, 4) is 6.01 Å². The van der Waals surface area contributed by atoms with Crippen LogP contribution in [-0.2, 0) is 0 Å². The Morgan fingerprint density at radius 3 is 2.68 bits per heavy atom. The lowest BCUT2D eigenvalue weighted by Crippen LogP contribution is -2.20. The highest BCUT2D eigenvalue weighted by molar-refractivity contribution is 5.85. The Hall–Kier alpha value is -2.84. The number of fused-ring (bicyclic) bond motifs is 1. The van der Waals surface area contributed by atoms with E-state index in [1.54, 1.807) is 6.92 Å². The van der Waals surface area contributed by atoms with Crippen LogP contribution in [0.1, 0.15) is 49.8 Å². The number of rotatable bonds is 7. The highest BCUT2D eigenvalue weighted by Gasteiger charge is 2.28. The molecule has 28 heavy (non-hydrogen) atoms. The minimum Gasteiger partial charge on any atom is -0.465 e. The van der Waals surface area contributed by atoms with Gasteiger partial charge in [-0.2, -0.15) is 14.6 Å². The maximum atomic E-state index is 13.8. The molecule has 6 nitrogen and oxygen atoms in total. The second kappa shape index (κ2) is 8.45. The molecule has 0 radical (unpaired) electrons. The Kier molecular flexibility index (Phi) is 6.01. The fourth-order valence-electron chi connectivity index (χ4n) is 3.47. The number of nitrogens with zero attached hydrogens (tertiary/aromatic N) is 3. The second-order valence-electron chi connectivity index (χ2n) is 6.53. The predicted molar refractivity (Wildman–Crippen MR) is 99.4 cm³/mol. The number of halogens is 3. The summed E-state index contributed by atoms with van der Waals surface area (Å²) in [6, 6.07) is -0.0347. The minimum atomic E-state index is -1.34. The van der Waals surface area contributed by atoms with Gasteiger partial charge in [-0.15, -0.1) is 0 Å². The van der Waals surface area contributed by atoms with Crippen LogP contribution in [0.3, 0.4) is 0 Å². The van der Waals surface area contributed by atoms with Crippen molar-refractivity contribution in [1.82, 2.24) is 19.6 Å². The van der Waals surface area contributed by atoms with E-state index in [1.807, 2.05) is 0 Å². The van der Waals surface area contributed by atoms with E-state index in [9.17, 15) is 18.0 Å². The smallest absolute Gasteiger partial charge is 0.352 e. The molecule has 2 heterocycles. The van der Waals surface area contributed by atoms with Gasteiger partial charge in [0.2, 0.25) is 0 Å². The number of hydrogen-bond acceptors (Lipinski definition) is 4. The molecule has 1 aliphatic rings. The molecule has 0 atom stereocenters. The van der Waals surface area contributed by atoms with Gasteiger partial charge in [-0.25, -0.2) is 18.0 Å². The van der Waals surface area contributed by atoms with Gasteiger partial charge in [0.15, 0.2) is 5.65 Å². The van der Waals surface area contributed by atoms with Gasteiger partial charge in [-0.1, -0.05) is 19.4 Å². The molecule has 0 aromatic carbocycles. The normalized spacial score (nSPS) is 16.1. The summed E-state index contributed by atoms with van der Waals surface area (Å²) in [5, 5.41) is 4.37. The molecule has 1 aliphatic carbocycles.